The first-order valence-electron chi connectivity index (χ1n) is 13.0. The van der Waals surface area contributed by atoms with Crippen LogP contribution in [0.5, 0.6) is 0 Å². The average Bonchev–Trinajstić information content (AvgIpc) is 2.94. The molecule has 0 aliphatic carbocycles. The Morgan fingerprint density at radius 1 is 0.854 bits per heavy atom. The maximum Gasteiger partial charge on any atom is 0.338 e. The fourth-order valence-corrected chi connectivity index (χ4v) is 6.88. The van der Waals surface area contributed by atoms with Gasteiger partial charge in [-0.1, -0.05) is 68.9 Å². The standard InChI is InChI=1S/C32H30N2O5S2/c1-21-13-16-23(32(2,3)4)19-29(21)41(37,38)33-24-17-14-22(15-18-24)31(36)39-20-30(35)34-25-9-5-7-11-27(25)40-28-12-8-6-10-26(28)34/h5-19,33H,20H2,1-4H3. The monoisotopic (exact) mass is 586 g/mol. The number of hydrogen-bond donors (Lipinski definition) is 1. The number of fused-ring (bicyclic) bond motifs is 2. The van der Waals surface area contributed by atoms with Gasteiger partial charge in [0.2, 0.25) is 0 Å². The molecule has 1 amide bonds. The van der Waals surface area contributed by atoms with E-state index in [-0.39, 0.29) is 21.8 Å². The van der Waals surface area contributed by atoms with Crippen molar-refractivity contribution in [1.29, 1.82) is 0 Å². The number of benzene rings is 4. The first-order chi connectivity index (χ1) is 19.4. The number of rotatable bonds is 6. The Kier molecular flexibility index (Phi) is 7.68. The molecule has 0 unspecified atom stereocenters. The van der Waals surface area contributed by atoms with Gasteiger partial charge >= 0.3 is 5.97 Å². The minimum absolute atomic E-state index is 0.196. The Morgan fingerprint density at radius 2 is 1.44 bits per heavy atom. The van der Waals surface area contributed by atoms with Crippen LogP contribution in [0.15, 0.2) is 106 Å². The summed E-state index contributed by atoms with van der Waals surface area (Å²) in [6.07, 6.45) is 0. The highest BCUT2D eigenvalue weighted by Crippen LogP contribution is 2.47. The highest BCUT2D eigenvalue weighted by atomic mass is 32.2. The third-order valence-electron chi connectivity index (χ3n) is 6.72. The molecule has 1 heterocycles. The highest BCUT2D eigenvalue weighted by Gasteiger charge is 2.28. The smallest absolute Gasteiger partial charge is 0.338 e. The summed E-state index contributed by atoms with van der Waals surface area (Å²) in [5.41, 5.74) is 3.30. The van der Waals surface area contributed by atoms with E-state index < -0.39 is 22.6 Å². The van der Waals surface area contributed by atoms with E-state index in [9.17, 15) is 18.0 Å². The van der Waals surface area contributed by atoms with Crippen molar-refractivity contribution in [2.75, 3.05) is 16.2 Å². The van der Waals surface area contributed by atoms with Crippen LogP contribution in [0.3, 0.4) is 0 Å². The Hall–Kier alpha value is -4.08. The first-order valence-corrected chi connectivity index (χ1v) is 15.3. The van der Waals surface area contributed by atoms with Gasteiger partial charge in [0.25, 0.3) is 15.9 Å². The zero-order chi connectivity index (χ0) is 29.4. The van der Waals surface area contributed by atoms with Crippen LogP contribution in [0.4, 0.5) is 17.1 Å². The molecule has 0 fully saturated rings. The summed E-state index contributed by atoms with van der Waals surface area (Å²) < 4.78 is 34.3. The van der Waals surface area contributed by atoms with Gasteiger partial charge in [-0.2, -0.15) is 0 Å². The maximum atomic E-state index is 13.3. The number of carbonyl (C=O) groups is 2. The van der Waals surface area contributed by atoms with E-state index in [0.717, 1.165) is 26.7 Å². The number of amides is 1. The molecular formula is C32H30N2O5S2. The molecule has 0 spiro atoms. The van der Waals surface area contributed by atoms with E-state index in [4.69, 9.17) is 4.74 Å². The van der Waals surface area contributed by atoms with Crippen LogP contribution in [0.2, 0.25) is 0 Å². The van der Waals surface area contributed by atoms with E-state index in [2.05, 4.69) is 4.72 Å². The van der Waals surface area contributed by atoms with E-state index in [0.29, 0.717) is 11.3 Å². The Labute approximate surface area is 244 Å². The van der Waals surface area contributed by atoms with Crippen LogP contribution >= 0.6 is 11.8 Å². The Bertz CT molecular complexity index is 1700. The number of ether oxygens (including phenoxy) is 1. The third-order valence-corrected chi connectivity index (χ3v) is 9.38. The molecule has 7 nitrogen and oxygen atoms in total. The number of sulfonamides is 1. The number of nitrogens with one attached hydrogen (secondary N) is 1. The molecule has 0 aromatic heterocycles. The zero-order valence-corrected chi connectivity index (χ0v) is 24.8. The van der Waals surface area contributed by atoms with Crippen molar-refractivity contribution in [3.8, 4) is 0 Å². The summed E-state index contributed by atoms with van der Waals surface area (Å²) >= 11 is 1.58. The first kappa shape index (κ1) is 28.4. The molecule has 210 valence electrons. The second-order valence-corrected chi connectivity index (χ2v) is 13.5. The van der Waals surface area contributed by atoms with Gasteiger partial charge in [-0.15, -0.1) is 0 Å². The summed E-state index contributed by atoms with van der Waals surface area (Å²) in [5, 5.41) is 0. The number of esters is 1. The molecule has 1 aliphatic rings. The number of hydrogen-bond acceptors (Lipinski definition) is 6. The second-order valence-electron chi connectivity index (χ2n) is 10.8. The number of anilines is 3. The lowest BCUT2D eigenvalue weighted by Gasteiger charge is -2.30. The number of para-hydroxylation sites is 2. The van der Waals surface area contributed by atoms with Crippen LogP contribution in [-0.2, 0) is 25.0 Å². The molecule has 4 aromatic rings. The summed E-state index contributed by atoms with van der Waals surface area (Å²) in [6.45, 7) is 7.37. The lowest BCUT2D eigenvalue weighted by Crippen LogP contribution is -2.32. The lowest BCUT2D eigenvalue weighted by molar-refractivity contribution is -0.121. The average molecular weight is 587 g/mol. The Morgan fingerprint density at radius 3 is 2.02 bits per heavy atom. The SMILES string of the molecule is Cc1ccc(C(C)(C)C)cc1S(=O)(=O)Nc1ccc(C(=O)OCC(=O)N2c3ccccc3Sc3ccccc32)cc1. The molecule has 9 heteroatoms. The fraction of sp³-hybridized carbons (Fsp3) is 0.188. The van der Waals surface area contributed by atoms with Crippen LogP contribution in [-0.4, -0.2) is 26.9 Å². The molecule has 0 bridgehead atoms. The summed E-state index contributed by atoms with van der Waals surface area (Å²) in [5.74, 6) is -1.06. The lowest BCUT2D eigenvalue weighted by atomic mass is 9.87. The topological polar surface area (TPSA) is 92.8 Å². The zero-order valence-electron chi connectivity index (χ0n) is 23.2. The molecule has 0 atom stereocenters. The molecule has 1 N–H and O–H groups in total. The van der Waals surface area contributed by atoms with Gasteiger partial charge in [0.15, 0.2) is 6.61 Å². The van der Waals surface area contributed by atoms with Crippen molar-refractivity contribution < 1.29 is 22.7 Å². The maximum absolute atomic E-state index is 13.3. The van der Waals surface area contributed by atoms with Crippen LogP contribution < -0.4 is 9.62 Å². The minimum Gasteiger partial charge on any atom is -0.452 e. The predicted molar refractivity (Wildman–Crippen MR) is 162 cm³/mol. The van der Waals surface area contributed by atoms with Crippen LogP contribution in [0.25, 0.3) is 0 Å². The van der Waals surface area contributed by atoms with E-state index >= 15 is 0 Å². The molecule has 0 saturated heterocycles. The normalized spacial score (nSPS) is 12.7. The van der Waals surface area contributed by atoms with Crippen molar-refractivity contribution in [3.05, 3.63) is 108 Å². The van der Waals surface area contributed by atoms with Crippen molar-refractivity contribution in [2.24, 2.45) is 0 Å². The summed E-state index contributed by atoms with van der Waals surface area (Å²) in [7, 11) is -3.86. The van der Waals surface area contributed by atoms with Crippen molar-refractivity contribution in [1.82, 2.24) is 0 Å². The highest BCUT2D eigenvalue weighted by molar-refractivity contribution is 7.99. The van der Waals surface area contributed by atoms with Crippen molar-refractivity contribution in [2.45, 2.75) is 47.8 Å². The van der Waals surface area contributed by atoms with E-state index in [1.54, 1.807) is 35.7 Å². The summed E-state index contributed by atoms with van der Waals surface area (Å²) in [4.78, 5) is 29.7. The van der Waals surface area contributed by atoms with Gasteiger partial charge in [0.05, 0.1) is 21.8 Å². The molecule has 41 heavy (non-hydrogen) atoms. The van der Waals surface area contributed by atoms with Crippen LogP contribution in [0.1, 0.15) is 42.3 Å². The van der Waals surface area contributed by atoms with Gasteiger partial charge in [0.1, 0.15) is 0 Å². The number of nitrogens with zero attached hydrogens (tertiary/aromatic N) is 1. The summed E-state index contributed by atoms with van der Waals surface area (Å²) in [6, 6.07) is 26.5. The molecule has 1 aliphatic heterocycles. The van der Waals surface area contributed by atoms with Gasteiger partial charge < -0.3 is 4.74 Å². The second kappa shape index (κ2) is 11.1. The van der Waals surface area contributed by atoms with Gasteiger partial charge in [-0.3, -0.25) is 14.4 Å². The van der Waals surface area contributed by atoms with Gasteiger partial charge in [-0.25, -0.2) is 13.2 Å². The quantitative estimate of drug-likeness (QED) is 0.243. The van der Waals surface area contributed by atoms with Crippen molar-refractivity contribution in [3.63, 3.8) is 0 Å². The van der Waals surface area contributed by atoms with Gasteiger partial charge in [-0.05, 0) is 78.1 Å². The molecule has 0 radical (unpaired) electrons. The molecular weight excluding hydrogens is 556 g/mol. The molecule has 0 saturated carbocycles. The van der Waals surface area contributed by atoms with Crippen molar-refractivity contribution >= 4 is 50.7 Å². The largest absolute Gasteiger partial charge is 0.452 e. The van der Waals surface area contributed by atoms with E-state index in [1.165, 1.54) is 24.3 Å². The van der Waals surface area contributed by atoms with Gasteiger partial charge in [0, 0.05) is 15.5 Å². The van der Waals surface area contributed by atoms with E-state index in [1.807, 2.05) is 75.4 Å². The van der Waals surface area contributed by atoms with Crippen LogP contribution in [0, 0.1) is 6.92 Å². The molecule has 5 rings (SSSR count). The third kappa shape index (κ3) is 6.01. The fourth-order valence-electron chi connectivity index (χ4n) is 4.49. The minimum atomic E-state index is -3.86. The number of carbonyl (C=O) groups excluding carboxylic acids is 2. The Balaban J connectivity index is 1.27. The molecule has 4 aromatic carbocycles. The number of aryl methyl sites for hydroxylation is 1. The predicted octanol–water partition coefficient (Wildman–Crippen LogP) is 7.08.